The number of amides is 2. The second-order valence-corrected chi connectivity index (χ2v) is 7.03. The van der Waals surface area contributed by atoms with Crippen molar-refractivity contribution in [3.8, 4) is 11.5 Å². The number of ether oxygens (including phenoxy) is 2. The van der Waals surface area contributed by atoms with Crippen molar-refractivity contribution in [2.45, 2.75) is 18.9 Å². The van der Waals surface area contributed by atoms with Crippen LogP contribution in [0.3, 0.4) is 0 Å². The smallest absolute Gasteiger partial charge is 0.251 e. The van der Waals surface area contributed by atoms with Gasteiger partial charge in [-0.25, -0.2) is 4.39 Å². The largest absolute Gasteiger partial charge is 0.493 e. The van der Waals surface area contributed by atoms with Crippen molar-refractivity contribution in [3.63, 3.8) is 0 Å². The summed E-state index contributed by atoms with van der Waals surface area (Å²) < 4.78 is 23.4. The van der Waals surface area contributed by atoms with Crippen molar-refractivity contribution < 1.29 is 23.5 Å². The quantitative estimate of drug-likeness (QED) is 0.740. The molecule has 0 bridgehead atoms. The summed E-state index contributed by atoms with van der Waals surface area (Å²) in [6.45, 7) is 1.12. The van der Waals surface area contributed by atoms with E-state index in [9.17, 15) is 14.0 Å². The van der Waals surface area contributed by atoms with Crippen LogP contribution in [0, 0.1) is 5.82 Å². The molecular weight excluding hydrogens is 387 g/mol. The zero-order valence-corrected chi connectivity index (χ0v) is 17.1. The summed E-state index contributed by atoms with van der Waals surface area (Å²) in [6.07, 6.45) is 4.52. The van der Waals surface area contributed by atoms with Crippen LogP contribution in [0.2, 0.25) is 0 Å². The molecule has 1 fully saturated rings. The van der Waals surface area contributed by atoms with E-state index in [-0.39, 0.29) is 23.7 Å². The van der Waals surface area contributed by atoms with Gasteiger partial charge in [-0.2, -0.15) is 0 Å². The molecule has 0 saturated carbocycles. The topological polar surface area (TPSA) is 67.9 Å². The number of hydrogen-bond acceptors (Lipinski definition) is 4. The van der Waals surface area contributed by atoms with Crippen molar-refractivity contribution in [2.24, 2.45) is 0 Å². The van der Waals surface area contributed by atoms with Crippen molar-refractivity contribution in [1.29, 1.82) is 0 Å². The second-order valence-electron chi connectivity index (χ2n) is 7.03. The maximum atomic E-state index is 12.9. The lowest BCUT2D eigenvalue weighted by Gasteiger charge is -2.31. The summed E-state index contributed by atoms with van der Waals surface area (Å²) in [4.78, 5) is 26.7. The Bertz CT molecular complexity index is 919. The monoisotopic (exact) mass is 412 g/mol. The minimum atomic E-state index is -0.310. The maximum Gasteiger partial charge on any atom is 0.251 e. The summed E-state index contributed by atoms with van der Waals surface area (Å²) in [6, 6.07) is 11.0. The molecule has 0 atom stereocenters. The summed E-state index contributed by atoms with van der Waals surface area (Å²) in [7, 11) is 3.07. The number of likely N-dealkylation sites (tertiary alicyclic amines) is 1. The average molecular weight is 412 g/mol. The number of rotatable bonds is 6. The highest BCUT2D eigenvalue weighted by Crippen LogP contribution is 2.27. The highest BCUT2D eigenvalue weighted by Gasteiger charge is 2.23. The van der Waals surface area contributed by atoms with Crippen LogP contribution in [0.4, 0.5) is 4.39 Å². The highest BCUT2D eigenvalue weighted by molar-refractivity contribution is 5.95. The van der Waals surface area contributed by atoms with E-state index in [2.05, 4.69) is 5.32 Å². The first-order valence-electron chi connectivity index (χ1n) is 9.75. The van der Waals surface area contributed by atoms with E-state index in [1.165, 1.54) is 25.3 Å². The van der Waals surface area contributed by atoms with Gasteiger partial charge in [0.1, 0.15) is 5.82 Å². The third-order valence-electron chi connectivity index (χ3n) is 5.08. The first-order valence-corrected chi connectivity index (χ1v) is 9.75. The average Bonchev–Trinajstić information content (AvgIpc) is 2.78. The third kappa shape index (κ3) is 5.37. The van der Waals surface area contributed by atoms with Gasteiger partial charge in [-0.1, -0.05) is 12.1 Å². The Morgan fingerprint density at radius 3 is 2.33 bits per heavy atom. The van der Waals surface area contributed by atoms with Crippen molar-refractivity contribution in [2.75, 3.05) is 27.3 Å². The van der Waals surface area contributed by atoms with Crippen molar-refractivity contribution in [3.05, 3.63) is 65.5 Å². The van der Waals surface area contributed by atoms with Crippen molar-refractivity contribution in [1.82, 2.24) is 10.2 Å². The molecule has 6 nitrogen and oxygen atoms in total. The summed E-state index contributed by atoms with van der Waals surface area (Å²) in [5.74, 6) is 0.477. The van der Waals surface area contributed by atoms with Gasteiger partial charge in [0.2, 0.25) is 5.91 Å². The van der Waals surface area contributed by atoms with Gasteiger partial charge >= 0.3 is 0 Å². The molecule has 2 amide bonds. The number of carbonyl (C=O) groups excluding carboxylic acids is 2. The first-order chi connectivity index (χ1) is 14.5. The Hall–Kier alpha value is -3.35. The predicted molar refractivity (Wildman–Crippen MR) is 112 cm³/mol. The Kier molecular flexibility index (Phi) is 7.06. The highest BCUT2D eigenvalue weighted by atomic mass is 19.1. The van der Waals surface area contributed by atoms with Crippen LogP contribution < -0.4 is 14.8 Å². The SMILES string of the molecule is COc1ccc(C(=O)NC2CCN(C(=O)/C=C/c3ccc(F)cc3)CC2)cc1OC. The van der Waals surface area contributed by atoms with E-state index < -0.39 is 0 Å². The van der Waals surface area contributed by atoms with Gasteiger partial charge in [0, 0.05) is 30.8 Å². The Morgan fingerprint density at radius 1 is 1.03 bits per heavy atom. The van der Waals surface area contributed by atoms with Gasteiger partial charge in [-0.3, -0.25) is 9.59 Å². The minimum Gasteiger partial charge on any atom is -0.493 e. The van der Waals surface area contributed by atoms with E-state index in [4.69, 9.17) is 9.47 Å². The van der Waals surface area contributed by atoms with Gasteiger partial charge < -0.3 is 19.7 Å². The van der Waals surface area contributed by atoms with E-state index in [1.807, 2.05) is 0 Å². The lowest BCUT2D eigenvalue weighted by Crippen LogP contribution is -2.46. The number of hydrogen-bond donors (Lipinski definition) is 1. The van der Waals surface area contributed by atoms with Gasteiger partial charge in [0.25, 0.3) is 5.91 Å². The maximum absolute atomic E-state index is 12.9. The number of carbonyl (C=O) groups is 2. The molecule has 1 saturated heterocycles. The molecule has 1 aliphatic heterocycles. The molecule has 1 heterocycles. The van der Waals surface area contributed by atoms with Crippen LogP contribution >= 0.6 is 0 Å². The molecule has 158 valence electrons. The van der Waals surface area contributed by atoms with Crippen LogP contribution in [0.25, 0.3) is 6.08 Å². The lowest BCUT2D eigenvalue weighted by atomic mass is 10.0. The number of nitrogens with zero attached hydrogens (tertiary/aromatic N) is 1. The van der Waals surface area contributed by atoms with E-state index in [1.54, 1.807) is 48.4 Å². The number of methoxy groups -OCH3 is 2. The van der Waals surface area contributed by atoms with Crippen molar-refractivity contribution >= 4 is 17.9 Å². The molecule has 0 spiro atoms. The van der Waals surface area contributed by atoms with Crippen LogP contribution in [0.5, 0.6) is 11.5 Å². The molecule has 1 N–H and O–H groups in total. The first kappa shape index (κ1) is 21.4. The Balaban J connectivity index is 1.51. The van der Waals surface area contributed by atoms with Crippen LogP contribution in [-0.4, -0.2) is 50.1 Å². The molecule has 7 heteroatoms. The molecule has 0 aromatic heterocycles. The van der Waals surface area contributed by atoms with Gasteiger partial charge in [0.15, 0.2) is 11.5 Å². The molecule has 0 radical (unpaired) electrons. The molecule has 1 aliphatic rings. The minimum absolute atomic E-state index is 0.00396. The number of piperidine rings is 1. The molecule has 3 rings (SSSR count). The fraction of sp³-hybridized carbons (Fsp3) is 0.304. The molecule has 0 unspecified atom stereocenters. The fourth-order valence-corrected chi connectivity index (χ4v) is 3.34. The lowest BCUT2D eigenvalue weighted by molar-refractivity contribution is -0.126. The normalized spacial score (nSPS) is 14.6. The summed E-state index contributed by atoms with van der Waals surface area (Å²) in [5.41, 5.74) is 1.26. The standard InChI is InChI=1S/C23H25FN2O4/c1-29-20-9-6-17(15-21(20)30-2)23(28)25-19-11-13-26(14-12-19)22(27)10-5-16-3-7-18(24)8-4-16/h3-10,15,19H,11-14H2,1-2H3,(H,25,28)/b10-5+. The van der Waals surface area contributed by atoms with Crippen LogP contribution in [-0.2, 0) is 4.79 Å². The fourth-order valence-electron chi connectivity index (χ4n) is 3.34. The van der Waals surface area contributed by atoms with Crippen LogP contribution in [0.1, 0.15) is 28.8 Å². The number of benzene rings is 2. The van der Waals surface area contributed by atoms with Gasteiger partial charge in [-0.05, 0) is 54.8 Å². The number of halogens is 1. The zero-order valence-electron chi connectivity index (χ0n) is 17.1. The van der Waals surface area contributed by atoms with E-state index in [0.717, 1.165) is 5.56 Å². The van der Waals surface area contributed by atoms with E-state index in [0.29, 0.717) is 43.0 Å². The second kappa shape index (κ2) is 9.91. The van der Waals surface area contributed by atoms with Crippen LogP contribution in [0.15, 0.2) is 48.5 Å². The molecule has 0 aliphatic carbocycles. The van der Waals surface area contributed by atoms with E-state index >= 15 is 0 Å². The molecule has 2 aromatic rings. The zero-order chi connectivity index (χ0) is 21.5. The van der Waals surface area contributed by atoms with Gasteiger partial charge in [-0.15, -0.1) is 0 Å². The summed E-state index contributed by atoms with van der Waals surface area (Å²) in [5, 5.41) is 3.02. The number of nitrogens with one attached hydrogen (secondary N) is 1. The van der Waals surface area contributed by atoms with Gasteiger partial charge in [0.05, 0.1) is 14.2 Å². The molecule has 30 heavy (non-hydrogen) atoms. The Labute approximate surface area is 175 Å². The Morgan fingerprint density at radius 2 is 1.70 bits per heavy atom. The summed E-state index contributed by atoms with van der Waals surface area (Å²) >= 11 is 0. The molecule has 2 aromatic carbocycles. The predicted octanol–water partition coefficient (Wildman–Crippen LogP) is 3.28. The molecular formula is C23H25FN2O4. The third-order valence-corrected chi connectivity index (χ3v) is 5.08.